The third-order valence-electron chi connectivity index (χ3n) is 3.00. The molecule has 126 valence electrons. The number of ether oxygens (including phenoxy) is 1. The number of hydrogen-bond acceptors (Lipinski definition) is 5. The summed E-state index contributed by atoms with van der Waals surface area (Å²) in [5.41, 5.74) is 0.389. The first-order valence-electron chi connectivity index (χ1n) is 6.99. The summed E-state index contributed by atoms with van der Waals surface area (Å²) < 4.78 is 18.1. The fourth-order valence-corrected chi connectivity index (χ4v) is 2.37. The van der Waals surface area contributed by atoms with E-state index in [4.69, 9.17) is 4.74 Å². The molecule has 0 unspecified atom stereocenters. The van der Waals surface area contributed by atoms with Gasteiger partial charge in [0.25, 0.3) is 5.91 Å². The molecule has 0 saturated carbocycles. The van der Waals surface area contributed by atoms with Crippen molar-refractivity contribution in [3.8, 4) is 0 Å². The lowest BCUT2D eigenvalue weighted by Crippen LogP contribution is -2.41. The summed E-state index contributed by atoms with van der Waals surface area (Å²) in [7, 11) is 0. The Morgan fingerprint density at radius 2 is 2.04 bits per heavy atom. The van der Waals surface area contributed by atoms with Crippen LogP contribution in [-0.4, -0.2) is 24.5 Å². The number of urea groups is 1. The van der Waals surface area contributed by atoms with Crippen LogP contribution in [0.4, 0.5) is 9.18 Å². The van der Waals surface area contributed by atoms with Gasteiger partial charge in [-0.15, -0.1) is 11.3 Å². The molecule has 0 aliphatic rings. The minimum atomic E-state index is -0.844. The lowest BCUT2D eigenvalue weighted by molar-refractivity contribution is -0.123. The molecule has 0 fully saturated rings. The number of halogens is 1. The Kier molecular flexibility index (Phi) is 6.02. The summed E-state index contributed by atoms with van der Waals surface area (Å²) in [4.78, 5) is 35.7. The molecule has 0 radical (unpaired) electrons. The number of benzene rings is 1. The van der Waals surface area contributed by atoms with E-state index >= 15 is 0 Å². The van der Waals surface area contributed by atoms with Crippen LogP contribution >= 0.6 is 11.3 Å². The summed E-state index contributed by atoms with van der Waals surface area (Å²) in [5.74, 6) is -2.16. The van der Waals surface area contributed by atoms with Gasteiger partial charge in [0.15, 0.2) is 6.61 Å². The molecule has 0 aliphatic heterocycles. The molecule has 0 atom stereocenters. The Morgan fingerprint density at radius 3 is 2.71 bits per heavy atom. The standard InChI is InChI=1S/C16H15FN2O4S/c1-10-4-5-11(7-13(10)17)15(21)23-9-14(20)19-16(22)18-8-12-3-2-6-24-12/h2-7H,8-9H2,1H3,(H2,18,19,20,22). The van der Waals surface area contributed by atoms with Gasteiger partial charge in [-0.25, -0.2) is 14.0 Å². The van der Waals surface area contributed by atoms with Crippen LogP contribution in [0.2, 0.25) is 0 Å². The largest absolute Gasteiger partial charge is 0.452 e. The molecule has 2 N–H and O–H groups in total. The Morgan fingerprint density at radius 1 is 1.25 bits per heavy atom. The van der Waals surface area contributed by atoms with Gasteiger partial charge in [-0.05, 0) is 36.1 Å². The minimum Gasteiger partial charge on any atom is -0.452 e. The average molecular weight is 350 g/mol. The van der Waals surface area contributed by atoms with Crippen molar-refractivity contribution in [1.29, 1.82) is 0 Å². The predicted molar refractivity (Wildman–Crippen MR) is 86.1 cm³/mol. The number of aryl methyl sites for hydroxylation is 1. The number of rotatable bonds is 5. The maximum Gasteiger partial charge on any atom is 0.338 e. The molecule has 0 spiro atoms. The van der Waals surface area contributed by atoms with Crippen LogP contribution in [0.25, 0.3) is 0 Å². The van der Waals surface area contributed by atoms with E-state index in [-0.39, 0.29) is 5.56 Å². The molecule has 8 heteroatoms. The Bertz CT molecular complexity index is 747. The van der Waals surface area contributed by atoms with Gasteiger partial charge in [-0.2, -0.15) is 0 Å². The smallest absolute Gasteiger partial charge is 0.338 e. The lowest BCUT2D eigenvalue weighted by Gasteiger charge is -2.07. The quantitative estimate of drug-likeness (QED) is 0.811. The van der Waals surface area contributed by atoms with E-state index in [2.05, 4.69) is 5.32 Å². The van der Waals surface area contributed by atoms with E-state index in [1.807, 2.05) is 22.8 Å². The van der Waals surface area contributed by atoms with E-state index in [0.717, 1.165) is 10.9 Å². The molecule has 3 amide bonds. The van der Waals surface area contributed by atoms with Crippen molar-refractivity contribution in [2.75, 3.05) is 6.61 Å². The Hall–Kier alpha value is -2.74. The lowest BCUT2D eigenvalue weighted by atomic mass is 10.1. The summed E-state index contributed by atoms with van der Waals surface area (Å²) in [5, 5.41) is 6.40. The summed E-state index contributed by atoms with van der Waals surface area (Å²) in [6, 6.07) is 6.86. The highest BCUT2D eigenvalue weighted by atomic mass is 32.1. The first-order chi connectivity index (χ1) is 11.5. The molecular formula is C16H15FN2O4S. The molecule has 6 nitrogen and oxygen atoms in total. The number of amides is 3. The highest BCUT2D eigenvalue weighted by Gasteiger charge is 2.13. The number of thiophene rings is 1. The SMILES string of the molecule is Cc1ccc(C(=O)OCC(=O)NC(=O)NCc2cccs2)cc1F. The van der Waals surface area contributed by atoms with Crippen LogP contribution in [0.5, 0.6) is 0 Å². The van der Waals surface area contributed by atoms with E-state index in [0.29, 0.717) is 12.1 Å². The van der Waals surface area contributed by atoms with Crippen molar-refractivity contribution in [2.45, 2.75) is 13.5 Å². The number of nitrogens with one attached hydrogen (secondary N) is 2. The minimum absolute atomic E-state index is 0.00644. The maximum absolute atomic E-state index is 13.4. The second kappa shape index (κ2) is 8.21. The summed E-state index contributed by atoms with van der Waals surface area (Å²) >= 11 is 1.47. The number of esters is 1. The third-order valence-corrected chi connectivity index (χ3v) is 3.87. The van der Waals surface area contributed by atoms with Gasteiger partial charge in [0.05, 0.1) is 12.1 Å². The van der Waals surface area contributed by atoms with E-state index in [9.17, 15) is 18.8 Å². The molecule has 0 aliphatic carbocycles. The van der Waals surface area contributed by atoms with E-state index in [1.165, 1.54) is 23.5 Å². The van der Waals surface area contributed by atoms with Gasteiger partial charge in [-0.3, -0.25) is 10.1 Å². The first kappa shape index (κ1) is 17.6. The van der Waals surface area contributed by atoms with Gasteiger partial charge in [0, 0.05) is 4.88 Å². The van der Waals surface area contributed by atoms with Crippen LogP contribution in [0.3, 0.4) is 0 Å². The highest BCUT2D eigenvalue weighted by molar-refractivity contribution is 7.09. The monoisotopic (exact) mass is 350 g/mol. The van der Waals surface area contributed by atoms with Crippen molar-refractivity contribution in [1.82, 2.24) is 10.6 Å². The molecule has 2 rings (SSSR count). The zero-order valence-corrected chi connectivity index (χ0v) is 13.6. The zero-order chi connectivity index (χ0) is 17.5. The van der Waals surface area contributed by atoms with Crippen molar-refractivity contribution in [3.05, 3.63) is 57.5 Å². The first-order valence-corrected chi connectivity index (χ1v) is 7.87. The van der Waals surface area contributed by atoms with Crippen molar-refractivity contribution in [2.24, 2.45) is 0 Å². The van der Waals surface area contributed by atoms with Crippen LogP contribution < -0.4 is 10.6 Å². The van der Waals surface area contributed by atoms with Crippen LogP contribution in [0.15, 0.2) is 35.7 Å². The van der Waals surface area contributed by atoms with Gasteiger partial charge >= 0.3 is 12.0 Å². The molecule has 1 aromatic carbocycles. The Balaban J connectivity index is 1.74. The second-order valence-corrected chi connectivity index (χ2v) is 5.88. The average Bonchev–Trinajstić information content (AvgIpc) is 3.06. The van der Waals surface area contributed by atoms with E-state index < -0.39 is 30.3 Å². The topological polar surface area (TPSA) is 84.5 Å². The predicted octanol–water partition coefficient (Wildman–Crippen LogP) is 2.38. The highest BCUT2D eigenvalue weighted by Crippen LogP contribution is 2.10. The normalized spacial score (nSPS) is 10.1. The number of imide groups is 1. The number of carbonyl (C=O) groups excluding carboxylic acids is 3. The maximum atomic E-state index is 13.4. The van der Waals surface area contributed by atoms with Crippen molar-refractivity contribution >= 4 is 29.2 Å². The Labute approximate surface area is 141 Å². The molecule has 0 bridgehead atoms. The summed E-state index contributed by atoms with van der Waals surface area (Å²) in [6.45, 7) is 1.21. The number of hydrogen-bond donors (Lipinski definition) is 2. The second-order valence-electron chi connectivity index (χ2n) is 4.85. The third kappa shape index (κ3) is 5.17. The number of carbonyl (C=O) groups is 3. The van der Waals surface area contributed by atoms with Crippen molar-refractivity contribution < 1.29 is 23.5 Å². The van der Waals surface area contributed by atoms with Gasteiger partial charge in [0.1, 0.15) is 5.82 Å². The molecule has 1 aromatic heterocycles. The van der Waals surface area contributed by atoms with E-state index in [1.54, 1.807) is 6.92 Å². The van der Waals surface area contributed by atoms with Gasteiger partial charge in [-0.1, -0.05) is 12.1 Å². The fourth-order valence-electron chi connectivity index (χ4n) is 1.72. The van der Waals surface area contributed by atoms with Crippen molar-refractivity contribution in [3.63, 3.8) is 0 Å². The van der Waals surface area contributed by atoms with Crippen LogP contribution in [-0.2, 0) is 16.1 Å². The molecular weight excluding hydrogens is 335 g/mol. The molecule has 2 aromatic rings. The zero-order valence-electron chi connectivity index (χ0n) is 12.8. The fraction of sp³-hybridized carbons (Fsp3) is 0.188. The molecule has 24 heavy (non-hydrogen) atoms. The van der Waals surface area contributed by atoms with Crippen LogP contribution in [0, 0.1) is 12.7 Å². The van der Waals surface area contributed by atoms with Gasteiger partial charge < -0.3 is 10.1 Å². The molecule has 0 saturated heterocycles. The van der Waals surface area contributed by atoms with Crippen LogP contribution in [0.1, 0.15) is 20.8 Å². The summed E-state index contributed by atoms with van der Waals surface area (Å²) in [6.07, 6.45) is 0. The van der Waals surface area contributed by atoms with Gasteiger partial charge in [0.2, 0.25) is 0 Å². The molecule has 1 heterocycles.